The average molecular weight is 423 g/mol. The van der Waals surface area contributed by atoms with E-state index < -0.39 is 11.6 Å². The fourth-order valence-electron chi connectivity index (χ4n) is 4.67. The van der Waals surface area contributed by atoms with E-state index in [4.69, 9.17) is 0 Å². The maximum absolute atomic E-state index is 13.1. The summed E-state index contributed by atoms with van der Waals surface area (Å²) >= 11 is 0. The van der Waals surface area contributed by atoms with Crippen molar-refractivity contribution in [2.45, 2.75) is 57.6 Å². The lowest BCUT2D eigenvalue weighted by Crippen LogP contribution is -2.52. The molecule has 0 aliphatic carbocycles. The minimum absolute atomic E-state index is 0.00351. The Morgan fingerprint density at radius 1 is 1.03 bits per heavy atom. The number of carbonyl (C=O) groups excluding carboxylic acids is 2. The van der Waals surface area contributed by atoms with E-state index >= 15 is 0 Å². The zero-order chi connectivity index (χ0) is 22.3. The summed E-state index contributed by atoms with van der Waals surface area (Å²) in [5.74, 6) is -0.187. The smallest absolute Gasteiger partial charge is 0.245 e. The first-order chi connectivity index (χ1) is 15.0. The van der Waals surface area contributed by atoms with Gasteiger partial charge in [-0.3, -0.25) is 9.59 Å². The van der Waals surface area contributed by atoms with Gasteiger partial charge in [-0.1, -0.05) is 80.4 Å². The summed E-state index contributed by atoms with van der Waals surface area (Å²) in [5, 5.41) is 14.8. The Bertz CT molecular complexity index is 806. The first-order valence-corrected chi connectivity index (χ1v) is 11.4. The van der Waals surface area contributed by atoms with Gasteiger partial charge >= 0.3 is 0 Å². The van der Waals surface area contributed by atoms with Gasteiger partial charge in [0.2, 0.25) is 11.8 Å². The van der Waals surface area contributed by atoms with Gasteiger partial charge in [-0.15, -0.1) is 0 Å². The third-order valence-corrected chi connectivity index (χ3v) is 6.35. The van der Waals surface area contributed by atoms with E-state index in [2.05, 4.69) is 12.2 Å². The molecular weight excluding hydrogens is 388 g/mol. The van der Waals surface area contributed by atoms with E-state index in [1.54, 1.807) is 0 Å². The number of amides is 2. The van der Waals surface area contributed by atoms with Crippen LogP contribution in [0, 0.1) is 5.92 Å². The Kier molecular flexibility index (Phi) is 7.85. The molecule has 1 aliphatic heterocycles. The summed E-state index contributed by atoms with van der Waals surface area (Å²) in [6.07, 6.45) is 3.94. The average Bonchev–Trinajstić information content (AvgIpc) is 2.82. The van der Waals surface area contributed by atoms with Crippen LogP contribution in [-0.2, 0) is 15.2 Å². The third-order valence-electron chi connectivity index (χ3n) is 6.35. The van der Waals surface area contributed by atoms with Crippen molar-refractivity contribution in [1.29, 1.82) is 0 Å². The first kappa shape index (κ1) is 23.0. The van der Waals surface area contributed by atoms with Crippen LogP contribution in [0.4, 0.5) is 0 Å². The number of hydrogen-bond donors (Lipinski definition) is 2. The monoisotopic (exact) mass is 422 g/mol. The molecule has 31 heavy (non-hydrogen) atoms. The van der Waals surface area contributed by atoms with Gasteiger partial charge in [0.05, 0.1) is 0 Å². The number of likely N-dealkylation sites (tertiary alicyclic amines) is 1. The van der Waals surface area contributed by atoms with Gasteiger partial charge in [-0.05, 0) is 36.3 Å². The molecule has 1 aliphatic rings. The van der Waals surface area contributed by atoms with Crippen molar-refractivity contribution in [1.82, 2.24) is 10.2 Å². The van der Waals surface area contributed by atoms with Crippen LogP contribution in [0.25, 0.3) is 0 Å². The molecular formula is C26H34N2O3. The Morgan fingerprint density at radius 2 is 1.55 bits per heavy atom. The molecule has 1 saturated heterocycles. The number of unbranched alkanes of at least 4 members (excludes halogenated alkanes) is 1. The van der Waals surface area contributed by atoms with E-state index in [1.807, 2.05) is 65.6 Å². The molecule has 2 amide bonds. The van der Waals surface area contributed by atoms with Crippen LogP contribution in [0.1, 0.15) is 57.1 Å². The molecule has 0 aromatic heterocycles. The van der Waals surface area contributed by atoms with Gasteiger partial charge in [-0.2, -0.15) is 0 Å². The van der Waals surface area contributed by atoms with Crippen molar-refractivity contribution in [2.75, 3.05) is 13.1 Å². The van der Waals surface area contributed by atoms with E-state index in [0.29, 0.717) is 32.4 Å². The Balaban J connectivity index is 1.77. The molecule has 0 radical (unpaired) electrons. The van der Waals surface area contributed by atoms with E-state index in [0.717, 1.165) is 24.0 Å². The second kappa shape index (κ2) is 10.6. The van der Waals surface area contributed by atoms with Crippen molar-refractivity contribution >= 4 is 11.8 Å². The van der Waals surface area contributed by atoms with Crippen LogP contribution in [0.2, 0.25) is 0 Å². The highest BCUT2D eigenvalue weighted by Gasteiger charge is 2.42. The lowest BCUT2D eigenvalue weighted by Gasteiger charge is -2.43. The Morgan fingerprint density at radius 3 is 2.00 bits per heavy atom. The molecule has 1 fully saturated rings. The van der Waals surface area contributed by atoms with Crippen molar-refractivity contribution < 1.29 is 14.7 Å². The number of hydrogen-bond acceptors (Lipinski definition) is 3. The molecule has 0 bridgehead atoms. The van der Waals surface area contributed by atoms with Crippen LogP contribution in [0.5, 0.6) is 0 Å². The molecule has 2 N–H and O–H groups in total. The second-order valence-corrected chi connectivity index (χ2v) is 8.49. The molecule has 2 aromatic rings. The number of piperidine rings is 1. The quantitative estimate of drug-likeness (QED) is 0.679. The summed E-state index contributed by atoms with van der Waals surface area (Å²) < 4.78 is 0. The Hall–Kier alpha value is -2.66. The second-order valence-electron chi connectivity index (χ2n) is 8.49. The fraction of sp³-hybridized carbons (Fsp3) is 0.462. The summed E-state index contributed by atoms with van der Waals surface area (Å²) in [6.45, 7) is 4.69. The number of aliphatic hydroxyl groups is 1. The molecule has 2 aromatic carbocycles. The lowest BCUT2D eigenvalue weighted by atomic mass is 9.72. The fourth-order valence-corrected chi connectivity index (χ4v) is 4.67. The van der Waals surface area contributed by atoms with E-state index in [-0.39, 0.29) is 17.7 Å². The normalized spacial score (nSPS) is 16.0. The molecule has 1 heterocycles. The van der Waals surface area contributed by atoms with Gasteiger partial charge in [0.25, 0.3) is 0 Å². The number of rotatable bonds is 8. The minimum Gasteiger partial charge on any atom is -0.380 e. The number of nitrogens with zero attached hydrogens (tertiary/aromatic N) is 1. The minimum atomic E-state index is -1.10. The molecule has 166 valence electrons. The van der Waals surface area contributed by atoms with Crippen LogP contribution < -0.4 is 5.32 Å². The lowest BCUT2D eigenvalue weighted by molar-refractivity contribution is -0.138. The van der Waals surface area contributed by atoms with Crippen LogP contribution in [0.3, 0.4) is 0 Å². The van der Waals surface area contributed by atoms with Gasteiger partial charge in [-0.25, -0.2) is 0 Å². The predicted molar refractivity (Wildman–Crippen MR) is 122 cm³/mol. The molecule has 0 saturated carbocycles. The largest absolute Gasteiger partial charge is 0.380 e. The molecule has 0 spiro atoms. The highest BCUT2D eigenvalue weighted by molar-refractivity contribution is 5.86. The van der Waals surface area contributed by atoms with Gasteiger partial charge in [0.1, 0.15) is 11.6 Å². The SMILES string of the molecule is CCCCC(NC(C)=O)C(=O)N1CCC(C(O)(c2ccccc2)c2ccccc2)CC1. The highest BCUT2D eigenvalue weighted by Crippen LogP contribution is 2.41. The third kappa shape index (κ3) is 5.34. The maximum atomic E-state index is 13.1. The molecule has 1 atom stereocenters. The van der Waals surface area contributed by atoms with Gasteiger partial charge in [0, 0.05) is 20.0 Å². The van der Waals surface area contributed by atoms with Crippen LogP contribution in [-0.4, -0.2) is 41.0 Å². The molecule has 3 rings (SSSR count). The van der Waals surface area contributed by atoms with E-state index in [9.17, 15) is 14.7 Å². The van der Waals surface area contributed by atoms with Crippen molar-refractivity contribution in [3.05, 3.63) is 71.8 Å². The van der Waals surface area contributed by atoms with Crippen molar-refractivity contribution in [2.24, 2.45) is 5.92 Å². The maximum Gasteiger partial charge on any atom is 0.245 e. The van der Waals surface area contributed by atoms with Gasteiger partial charge in [0.15, 0.2) is 0 Å². The van der Waals surface area contributed by atoms with E-state index in [1.165, 1.54) is 6.92 Å². The highest BCUT2D eigenvalue weighted by atomic mass is 16.3. The zero-order valence-electron chi connectivity index (χ0n) is 18.6. The number of nitrogens with one attached hydrogen (secondary N) is 1. The summed E-state index contributed by atoms with van der Waals surface area (Å²) in [7, 11) is 0. The topological polar surface area (TPSA) is 69.6 Å². The van der Waals surface area contributed by atoms with Crippen molar-refractivity contribution in [3.8, 4) is 0 Å². The number of carbonyl (C=O) groups is 2. The van der Waals surface area contributed by atoms with Gasteiger partial charge < -0.3 is 15.3 Å². The Labute approximate surface area is 185 Å². The number of benzene rings is 2. The van der Waals surface area contributed by atoms with Crippen LogP contribution >= 0.6 is 0 Å². The first-order valence-electron chi connectivity index (χ1n) is 11.4. The molecule has 1 unspecified atom stereocenters. The summed E-state index contributed by atoms with van der Waals surface area (Å²) in [6, 6.07) is 19.1. The van der Waals surface area contributed by atoms with Crippen LogP contribution in [0.15, 0.2) is 60.7 Å². The summed E-state index contributed by atoms with van der Waals surface area (Å²) in [5.41, 5.74) is 0.659. The zero-order valence-corrected chi connectivity index (χ0v) is 18.6. The predicted octanol–water partition coefficient (Wildman–Crippen LogP) is 3.86. The van der Waals surface area contributed by atoms with Crippen molar-refractivity contribution in [3.63, 3.8) is 0 Å². The standard InChI is InChI=1S/C26H34N2O3/c1-3-4-15-24(27-20(2)29)25(30)28-18-16-23(17-19-28)26(31,21-11-7-5-8-12-21)22-13-9-6-10-14-22/h5-14,23-24,31H,3-4,15-19H2,1-2H3,(H,27,29). The summed E-state index contributed by atoms with van der Waals surface area (Å²) in [4.78, 5) is 26.5. The molecule has 5 heteroatoms. The molecule has 5 nitrogen and oxygen atoms in total.